The van der Waals surface area contributed by atoms with E-state index in [4.69, 9.17) is 0 Å². The van der Waals surface area contributed by atoms with Gasteiger partial charge in [-0.1, -0.05) is 13.8 Å². The molecule has 0 saturated carbocycles. The lowest BCUT2D eigenvalue weighted by Gasteiger charge is -2.39. The average Bonchev–Trinajstić information content (AvgIpc) is 2.17. The molecule has 2 nitrogen and oxygen atoms in total. The van der Waals surface area contributed by atoms with E-state index >= 15 is 0 Å². The molecule has 0 aliphatic rings. The van der Waals surface area contributed by atoms with Gasteiger partial charge in [0, 0.05) is 19.7 Å². The summed E-state index contributed by atoms with van der Waals surface area (Å²) in [4.78, 5) is 0.0656. The van der Waals surface area contributed by atoms with E-state index < -0.39 is 37.8 Å². The predicted octanol–water partition coefficient (Wildman–Crippen LogP) is 3.19. The minimum Gasteiger partial charge on any atom is -0.333 e. The molecular weight excluding hydrogens is 252 g/mol. The maximum Gasteiger partial charge on any atom is 0.456 e. The van der Waals surface area contributed by atoms with Crippen LogP contribution in [0.1, 0.15) is 20.8 Å². The Balaban J connectivity index is 5.44. The summed E-state index contributed by atoms with van der Waals surface area (Å²) in [6, 6.07) is -4.77. The van der Waals surface area contributed by atoms with Crippen molar-refractivity contribution in [2.24, 2.45) is 0 Å². The van der Waals surface area contributed by atoms with E-state index in [1.54, 1.807) is 0 Å². The summed E-state index contributed by atoms with van der Waals surface area (Å²) in [5.74, 6) is -5.00. The zero-order valence-electron chi connectivity index (χ0n) is 9.74. The van der Waals surface area contributed by atoms with Crippen molar-refractivity contribution in [2.75, 3.05) is 19.7 Å². The number of hydrogen-bond donors (Lipinski definition) is 0. The molecule has 17 heavy (non-hydrogen) atoms. The van der Waals surface area contributed by atoms with Gasteiger partial charge in [0.2, 0.25) is 0 Å². The number of nitrogens with zero attached hydrogens (tertiary/aromatic N) is 1. The van der Waals surface area contributed by atoms with Gasteiger partial charge in [0.1, 0.15) is 0 Å². The second kappa shape index (κ2) is 5.43. The maximum absolute atomic E-state index is 13.6. The Morgan fingerprint density at radius 2 is 1.29 bits per heavy atom. The van der Waals surface area contributed by atoms with Crippen molar-refractivity contribution in [3.05, 3.63) is 0 Å². The van der Waals surface area contributed by atoms with Crippen LogP contribution in [0.25, 0.3) is 0 Å². The summed E-state index contributed by atoms with van der Waals surface area (Å²) in [5, 5.41) is 0. The molecule has 0 aromatic rings. The molecule has 0 fully saturated rings. The summed E-state index contributed by atoms with van der Waals surface area (Å²) in [7, 11) is 0. The van der Waals surface area contributed by atoms with Crippen molar-refractivity contribution in [1.82, 2.24) is 4.90 Å². The Labute approximate surface area is 95.5 Å². The molecular formula is C9H15F6NO. The molecule has 0 aliphatic heterocycles. The molecule has 1 atom stereocenters. The minimum absolute atomic E-state index is 0.0656. The summed E-state index contributed by atoms with van der Waals surface area (Å²) in [6.07, 6.45) is -5.81. The van der Waals surface area contributed by atoms with Crippen LogP contribution >= 0.6 is 0 Å². The Morgan fingerprint density at radius 3 is 1.53 bits per heavy atom. The normalized spacial score (nSPS) is 17.3. The zero-order chi connectivity index (χ0) is 13.9. The molecule has 8 heteroatoms. The predicted molar refractivity (Wildman–Crippen MR) is 49.4 cm³/mol. The fourth-order valence-corrected chi connectivity index (χ4v) is 1.36. The lowest BCUT2D eigenvalue weighted by atomic mass is 10.2. The monoisotopic (exact) mass is 267 g/mol. The van der Waals surface area contributed by atoms with E-state index in [9.17, 15) is 26.3 Å². The molecule has 0 N–H and O–H groups in total. The fourth-order valence-electron chi connectivity index (χ4n) is 1.36. The van der Waals surface area contributed by atoms with Crippen LogP contribution in [-0.2, 0) is 4.74 Å². The molecule has 0 amide bonds. The van der Waals surface area contributed by atoms with Crippen LogP contribution in [0.2, 0.25) is 0 Å². The van der Waals surface area contributed by atoms with Gasteiger partial charge in [-0.15, -0.1) is 0 Å². The van der Waals surface area contributed by atoms with Gasteiger partial charge in [0.15, 0.2) is 0 Å². The summed E-state index contributed by atoms with van der Waals surface area (Å²) in [6.45, 7) is 1.75. The lowest BCUT2D eigenvalue weighted by molar-refractivity contribution is -0.427. The van der Waals surface area contributed by atoms with Crippen molar-refractivity contribution in [3.8, 4) is 0 Å². The van der Waals surface area contributed by atoms with Gasteiger partial charge >= 0.3 is 18.1 Å². The van der Waals surface area contributed by atoms with Gasteiger partial charge in [-0.2, -0.15) is 26.3 Å². The van der Waals surface area contributed by atoms with Crippen LogP contribution in [0.3, 0.4) is 0 Å². The van der Waals surface area contributed by atoms with E-state index in [2.05, 4.69) is 4.74 Å². The van der Waals surface area contributed by atoms with E-state index in [0.29, 0.717) is 0 Å². The highest BCUT2D eigenvalue weighted by Crippen LogP contribution is 2.47. The van der Waals surface area contributed by atoms with Gasteiger partial charge < -0.3 is 4.74 Å². The van der Waals surface area contributed by atoms with E-state index in [0.717, 1.165) is 6.92 Å². The molecule has 0 rings (SSSR count). The summed E-state index contributed by atoms with van der Waals surface area (Å²) >= 11 is 0. The SMILES string of the molecule is CCOC(F)(C(F)(F)F)C(F)(F)N(CC)CC. The third kappa shape index (κ3) is 2.85. The molecule has 0 radical (unpaired) electrons. The van der Waals surface area contributed by atoms with Gasteiger partial charge in [-0.05, 0) is 6.92 Å². The lowest BCUT2D eigenvalue weighted by Crippen LogP contribution is -2.64. The molecule has 1 unspecified atom stereocenters. The molecule has 0 spiro atoms. The molecule has 0 aromatic carbocycles. The highest BCUT2D eigenvalue weighted by molar-refractivity contribution is 4.92. The number of alkyl halides is 6. The van der Waals surface area contributed by atoms with Crippen LogP contribution in [0.4, 0.5) is 26.3 Å². The molecule has 0 saturated heterocycles. The van der Waals surface area contributed by atoms with Crippen LogP contribution < -0.4 is 0 Å². The van der Waals surface area contributed by atoms with Gasteiger partial charge in [-0.3, -0.25) is 0 Å². The Bertz CT molecular complexity index is 240. The smallest absolute Gasteiger partial charge is 0.333 e. The summed E-state index contributed by atoms with van der Waals surface area (Å²) < 4.78 is 81.5. The van der Waals surface area contributed by atoms with Gasteiger partial charge in [0.05, 0.1) is 0 Å². The van der Waals surface area contributed by atoms with Crippen molar-refractivity contribution in [1.29, 1.82) is 0 Å². The van der Waals surface area contributed by atoms with E-state index in [-0.39, 0.29) is 4.90 Å². The topological polar surface area (TPSA) is 12.5 Å². The van der Waals surface area contributed by atoms with Crippen molar-refractivity contribution >= 4 is 0 Å². The molecule has 104 valence electrons. The molecule has 0 bridgehead atoms. The van der Waals surface area contributed by atoms with Crippen molar-refractivity contribution in [3.63, 3.8) is 0 Å². The van der Waals surface area contributed by atoms with Crippen LogP contribution in [-0.4, -0.2) is 42.7 Å². The highest BCUT2D eigenvalue weighted by Gasteiger charge is 2.74. The van der Waals surface area contributed by atoms with Crippen LogP contribution in [0.15, 0.2) is 0 Å². The largest absolute Gasteiger partial charge is 0.456 e. The average molecular weight is 267 g/mol. The Hall–Kier alpha value is -0.500. The van der Waals surface area contributed by atoms with E-state index in [1.165, 1.54) is 13.8 Å². The fraction of sp³-hybridized carbons (Fsp3) is 1.00. The second-order valence-corrected chi connectivity index (χ2v) is 3.24. The number of hydrogen-bond acceptors (Lipinski definition) is 2. The van der Waals surface area contributed by atoms with E-state index in [1.807, 2.05) is 0 Å². The standard InChI is InChI=1S/C9H15F6NO/c1-4-16(5-2)9(14,15)7(10,17-6-3)8(11,12)13/h4-6H2,1-3H3. The Morgan fingerprint density at radius 1 is 0.882 bits per heavy atom. The first-order valence-electron chi connectivity index (χ1n) is 5.10. The second-order valence-electron chi connectivity index (χ2n) is 3.24. The number of likely N-dealkylation sites (N-methyl/N-ethyl adjacent to an activating group) is 1. The van der Waals surface area contributed by atoms with Gasteiger partial charge in [0.25, 0.3) is 0 Å². The molecule has 0 heterocycles. The molecule has 0 aliphatic carbocycles. The third-order valence-electron chi connectivity index (χ3n) is 2.26. The van der Waals surface area contributed by atoms with Crippen molar-refractivity contribution < 1.29 is 31.1 Å². The third-order valence-corrected chi connectivity index (χ3v) is 2.26. The first kappa shape index (κ1) is 16.5. The van der Waals surface area contributed by atoms with Crippen LogP contribution in [0, 0.1) is 0 Å². The number of halogens is 6. The highest BCUT2D eigenvalue weighted by atomic mass is 19.4. The van der Waals surface area contributed by atoms with Gasteiger partial charge in [-0.25, -0.2) is 4.90 Å². The van der Waals surface area contributed by atoms with Crippen molar-refractivity contribution in [2.45, 2.75) is 38.8 Å². The molecule has 0 aromatic heterocycles. The minimum atomic E-state index is -5.81. The summed E-state index contributed by atoms with van der Waals surface area (Å²) in [5.41, 5.74) is 0. The zero-order valence-corrected chi connectivity index (χ0v) is 9.74. The van der Waals surface area contributed by atoms with Crippen LogP contribution in [0.5, 0.6) is 0 Å². The first-order chi connectivity index (χ1) is 7.58. The quantitative estimate of drug-likeness (QED) is 0.541. The number of ether oxygens (including phenoxy) is 1. The Kier molecular flexibility index (Phi) is 5.27. The number of rotatable bonds is 6. The first-order valence-corrected chi connectivity index (χ1v) is 5.10. The maximum atomic E-state index is 13.6.